The summed E-state index contributed by atoms with van der Waals surface area (Å²) in [6.45, 7) is 7.92. The van der Waals surface area contributed by atoms with Gasteiger partial charge in [-0.1, -0.05) is 18.7 Å². The summed E-state index contributed by atoms with van der Waals surface area (Å²) in [6, 6.07) is 8.25. The third kappa shape index (κ3) is 2.97. The van der Waals surface area contributed by atoms with Gasteiger partial charge in [0.05, 0.1) is 22.5 Å². The van der Waals surface area contributed by atoms with Crippen LogP contribution in [0.25, 0.3) is 16.7 Å². The number of anilines is 1. The van der Waals surface area contributed by atoms with E-state index in [4.69, 9.17) is 4.99 Å². The Bertz CT molecular complexity index is 1390. The van der Waals surface area contributed by atoms with Crippen LogP contribution in [-0.4, -0.2) is 30.6 Å². The van der Waals surface area contributed by atoms with E-state index in [2.05, 4.69) is 26.6 Å². The Labute approximate surface area is 176 Å². The Morgan fingerprint density at radius 2 is 1.84 bits per heavy atom. The molecule has 7 nitrogen and oxygen atoms in total. The first kappa shape index (κ1) is 19.0. The minimum Gasteiger partial charge on any atom is -0.294 e. The van der Waals surface area contributed by atoms with Crippen LogP contribution in [0.4, 0.5) is 20.3 Å². The molecule has 9 heteroatoms. The van der Waals surface area contributed by atoms with Gasteiger partial charge >= 0.3 is 0 Å². The van der Waals surface area contributed by atoms with Crippen LogP contribution >= 0.6 is 0 Å². The van der Waals surface area contributed by atoms with Gasteiger partial charge in [0.2, 0.25) is 5.95 Å². The minimum atomic E-state index is -0.641. The zero-order valence-electron chi connectivity index (χ0n) is 16.8. The van der Waals surface area contributed by atoms with Crippen molar-refractivity contribution in [3.63, 3.8) is 0 Å². The van der Waals surface area contributed by atoms with Crippen molar-refractivity contribution in [3.05, 3.63) is 78.0 Å². The largest absolute Gasteiger partial charge is 0.294 e. The molecule has 0 unspecified atom stereocenters. The van der Waals surface area contributed by atoms with Crippen LogP contribution in [0, 0.1) is 25.6 Å². The van der Waals surface area contributed by atoms with Crippen LogP contribution in [0.3, 0.4) is 0 Å². The van der Waals surface area contributed by atoms with Gasteiger partial charge in [0.1, 0.15) is 24.5 Å². The molecule has 0 spiro atoms. The number of rotatable bonds is 3. The number of nitrogens with zero attached hydrogens (tertiary/aromatic N) is 7. The third-order valence-electron chi connectivity index (χ3n) is 5.23. The molecule has 0 amide bonds. The quantitative estimate of drug-likeness (QED) is 0.464. The van der Waals surface area contributed by atoms with E-state index in [0.717, 1.165) is 17.5 Å². The molecule has 0 fully saturated rings. The number of para-hydroxylation sites is 1. The standard InChI is InChI=1S/C22H17F2N7/c1-12-8-9-25-21-18(12)14(3)31(16-7-5-4-6-15(16)23)17(28-21)10-30-22-19(13(2)29-30)20(24)26-11-27-22/h4-9,11H,3,10H2,1-2H3. The fraction of sp³-hybridized carbons (Fsp3) is 0.136. The molecule has 4 aromatic rings. The first-order chi connectivity index (χ1) is 15.0. The molecule has 0 aliphatic carbocycles. The highest BCUT2D eigenvalue weighted by molar-refractivity contribution is 6.13. The summed E-state index contributed by atoms with van der Waals surface area (Å²) in [5.41, 5.74) is 3.29. The van der Waals surface area contributed by atoms with E-state index < -0.39 is 11.8 Å². The highest BCUT2D eigenvalue weighted by Crippen LogP contribution is 2.38. The van der Waals surface area contributed by atoms with Crippen LogP contribution in [0.5, 0.6) is 0 Å². The Morgan fingerprint density at radius 1 is 1.03 bits per heavy atom. The van der Waals surface area contributed by atoms with Crippen molar-refractivity contribution in [1.29, 1.82) is 0 Å². The zero-order chi connectivity index (χ0) is 21.7. The molecule has 0 N–H and O–H groups in total. The molecule has 3 aromatic heterocycles. The van der Waals surface area contributed by atoms with Crippen LogP contribution < -0.4 is 4.90 Å². The average molecular weight is 417 g/mol. The van der Waals surface area contributed by atoms with Gasteiger partial charge in [-0.05, 0) is 37.6 Å². The van der Waals surface area contributed by atoms with Crippen LogP contribution in [-0.2, 0) is 6.54 Å². The molecule has 0 atom stereocenters. The first-order valence-electron chi connectivity index (χ1n) is 9.56. The molecule has 4 heterocycles. The lowest BCUT2D eigenvalue weighted by Gasteiger charge is -2.32. The number of fused-ring (bicyclic) bond motifs is 2. The summed E-state index contributed by atoms with van der Waals surface area (Å²) in [6.07, 6.45) is 2.81. The number of amidine groups is 1. The van der Waals surface area contributed by atoms with Gasteiger partial charge in [-0.15, -0.1) is 0 Å². The molecule has 5 rings (SSSR count). The van der Waals surface area contributed by atoms with Gasteiger partial charge in [0.15, 0.2) is 11.5 Å². The smallest absolute Gasteiger partial charge is 0.227 e. The summed E-state index contributed by atoms with van der Waals surface area (Å²) in [5, 5.41) is 4.66. The van der Waals surface area contributed by atoms with Crippen molar-refractivity contribution in [1.82, 2.24) is 24.7 Å². The lowest BCUT2D eigenvalue weighted by molar-refractivity contribution is 0.592. The van der Waals surface area contributed by atoms with Crippen molar-refractivity contribution in [2.24, 2.45) is 4.99 Å². The molecule has 0 saturated heterocycles. The van der Waals surface area contributed by atoms with E-state index in [-0.39, 0.29) is 11.9 Å². The zero-order valence-corrected chi connectivity index (χ0v) is 16.8. The lowest BCUT2D eigenvalue weighted by Crippen LogP contribution is -2.36. The summed E-state index contributed by atoms with van der Waals surface area (Å²) in [7, 11) is 0. The van der Waals surface area contributed by atoms with Crippen molar-refractivity contribution in [2.45, 2.75) is 20.4 Å². The highest BCUT2D eigenvalue weighted by atomic mass is 19.1. The van der Waals surface area contributed by atoms with Crippen LogP contribution in [0.2, 0.25) is 0 Å². The van der Waals surface area contributed by atoms with E-state index in [1.807, 2.05) is 13.0 Å². The maximum Gasteiger partial charge on any atom is 0.227 e. The number of halogens is 2. The molecule has 31 heavy (non-hydrogen) atoms. The van der Waals surface area contributed by atoms with E-state index in [1.54, 1.807) is 36.2 Å². The second-order valence-electron chi connectivity index (χ2n) is 7.19. The Hall–Kier alpha value is -4.01. The van der Waals surface area contributed by atoms with Gasteiger partial charge in [0.25, 0.3) is 0 Å². The maximum absolute atomic E-state index is 14.8. The summed E-state index contributed by atoms with van der Waals surface area (Å²) < 4.78 is 30.5. The van der Waals surface area contributed by atoms with Crippen molar-refractivity contribution < 1.29 is 8.78 Å². The monoisotopic (exact) mass is 417 g/mol. The summed E-state index contributed by atoms with van der Waals surface area (Å²) in [4.78, 5) is 18.5. The summed E-state index contributed by atoms with van der Waals surface area (Å²) >= 11 is 0. The Morgan fingerprint density at radius 3 is 2.65 bits per heavy atom. The molecule has 1 aliphatic heterocycles. The second kappa shape index (κ2) is 7.05. The van der Waals surface area contributed by atoms with Crippen molar-refractivity contribution in [3.8, 4) is 0 Å². The topological polar surface area (TPSA) is 72.1 Å². The highest BCUT2D eigenvalue weighted by Gasteiger charge is 2.30. The van der Waals surface area contributed by atoms with Gasteiger partial charge in [-0.2, -0.15) is 9.49 Å². The SMILES string of the molecule is C=C1c2c(C)ccnc2N=C(Cn2nc(C)c3c(F)ncnc32)N1c1ccccc1F. The van der Waals surface area contributed by atoms with Gasteiger partial charge < -0.3 is 0 Å². The predicted molar refractivity (Wildman–Crippen MR) is 114 cm³/mol. The summed E-state index contributed by atoms with van der Waals surface area (Å²) in [5.74, 6) is -0.140. The number of hydrogen-bond acceptors (Lipinski definition) is 6. The molecular weight excluding hydrogens is 400 g/mol. The minimum absolute atomic E-state index is 0.100. The molecule has 0 bridgehead atoms. The number of benzene rings is 1. The number of aromatic nitrogens is 5. The van der Waals surface area contributed by atoms with E-state index in [0.29, 0.717) is 34.4 Å². The van der Waals surface area contributed by atoms with Crippen molar-refractivity contribution >= 4 is 34.1 Å². The van der Waals surface area contributed by atoms with Gasteiger partial charge in [-0.3, -0.25) is 4.90 Å². The third-order valence-corrected chi connectivity index (χ3v) is 5.23. The lowest BCUT2D eigenvalue weighted by atomic mass is 10.0. The fourth-order valence-corrected chi connectivity index (χ4v) is 3.83. The molecule has 0 radical (unpaired) electrons. The van der Waals surface area contributed by atoms with Gasteiger partial charge in [-0.25, -0.2) is 29.0 Å². The van der Waals surface area contributed by atoms with E-state index >= 15 is 0 Å². The average Bonchev–Trinajstić information content (AvgIpc) is 3.05. The van der Waals surface area contributed by atoms with E-state index in [1.165, 1.54) is 10.7 Å². The Kier molecular flexibility index (Phi) is 4.32. The Balaban J connectivity index is 1.70. The molecule has 0 saturated carbocycles. The number of pyridine rings is 1. The first-order valence-corrected chi connectivity index (χ1v) is 9.56. The molecular formula is C22H17F2N7. The van der Waals surface area contributed by atoms with E-state index in [9.17, 15) is 8.78 Å². The predicted octanol–water partition coefficient (Wildman–Crippen LogP) is 4.34. The number of aliphatic imine (C=N–C) groups is 1. The van der Waals surface area contributed by atoms with Crippen LogP contribution in [0.1, 0.15) is 16.8 Å². The molecule has 154 valence electrons. The maximum atomic E-state index is 14.8. The molecule has 1 aromatic carbocycles. The normalized spacial score (nSPS) is 13.5. The second-order valence-corrected chi connectivity index (χ2v) is 7.19. The molecule has 1 aliphatic rings. The number of aryl methyl sites for hydroxylation is 2. The van der Waals surface area contributed by atoms with Crippen LogP contribution in [0.15, 0.2) is 54.4 Å². The van der Waals surface area contributed by atoms with Gasteiger partial charge in [0, 0.05) is 11.8 Å². The van der Waals surface area contributed by atoms with Crippen molar-refractivity contribution in [2.75, 3.05) is 4.90 Å². The number of hydrogen-bond donors (Lipinski definition) is 0. The fourth-order valence-electron chi connectivity index (χ4n) is 3.83.